The minimum absolute atomic E-state index is 0.744. The average molecular weight is 236 g/mol. The van der Waals surface area contributed by atoms with E-state index in [1.165, 1.54) is 0 Å². The van der Waals surface area contributed by atoms with Gasteiger partial charge >= 0.3 is 0 Å². The lowest BCUT2D eigenvalue weighted by Crippen LogP contribution is -1.99. The summed E-state index contributed by atoms with van der Waals surface area (Å²) in [5.41, 5.74) is 1.49. The second-order valence-corrected chi connectivity index (χ2v) is 4.99. The molecule has 0 aliphatic carbocycles. The predicted molar refractivity (Wildman–Crippen MR) is 64.4 cm³/mol. The summed E-state index contributed by atoms with van der Waals surface area (Å²) >= 11 is 3.46. The summed E-state index contributed by atoms with van der Waals surface area (Å²) in [7, 11) is 0. The molecule has 0 atom stereocenters. The largest absolute Gasteiger partial charge is 0.411 e. The molecule has 0 bridgehead atoms. The van der Waals surface area contributed by atoms with E-state index in [4.69, 9.17) is 10.4 Å². The van der Waals surface area contributed by atoms with Crippen molar-refractivity contribution in [3.05, 3.63) is 0 Å². The van der Waals surface area contributed by atoms with Crippen molar-refractivity contribution in [2.75, 3.05) is 23.0 Å². The van der Waals surface area contributed by atoms with Crippen molar-refractivity contribution in [1.29, 1.82) is 0 Å². The fourth-order valence-corrected chi connectivity index (χ4v) is 2.55. The molecule has 0 aromatic carbocycles. The Balaban J connectivity index is 3.22. The first-order chi connectivity index (χ1) is 6.70. The lowest BCUT2D eigenvalue weighted by atomic mass is 10.5. The number of rotatable bonds is 7. The summed E-state index contributed by atoms with van der Waals surface area (Å²) in [6, 6.07) is 0. The monoisotopic (exact) mass is 236 g/mol. The Morgan fingerprint density at radius 1 is 0.929 bits per heavy atom. The second kappa shape index (κ2) is 9.21. The first kappa shape index (κ1) is 13.6. The van der Waals surface area contributed by atoms with E-state index in [0.717, 1.165) is 34.4 Å². The minimum atomic E-state index is 0.744. The van der Waals surface area contributed by atoms with Crippen molar-refractivity contribution < 1.29 is 10.4 Å². The van der Waals surface area contributed by atoms with Crippen LogP contribution in [0.4, 0.5) is 0 Å². The molecule has 0 heterocycles. The van der Waals surface area contributed by atoms with Crippen molar-refractivity contribution in [3.63, 3.8) is 0 Å². The van der Waals surface area contributed by atoms with E-state index in [9.17, 15) is 0 Å². The molecule has 0 saturated heterocycles. The van der Waals surface area contributed by atoms with Crippen molar-refractivity contribution in [2.24, 2.45) is 10.3 Å². The zero-order valence-corrected chi connectivity index (χ0v) is 10.1. The Morgan fingerprint density at radius 2 is 1.29 bits per heavy atom. The van der Waals surface area contributed by atoms with Crippen LogP contribution in [-0.2, 0) is 0 Å². The molecule has 2 N–H and O–H groups in total. The molecule has 0 aliphatic rings. The van der Waals surface area contributed by atoms with Gasteiger partial charge in [-0.25, -0.2) is 0 Å². The van der Waals surface area contributed by atoms with E-state index in [1.54, 1.807) is 37.4 Å². The lowest BCUT2D eigenvalue weighted by molar-refractivity contribution is 0.318. The predicted octanol–water partition coefficient (Wildman–Crippen LogP) is 2.15. The van der Waals surface area contributed by atoms with Crippen LogP contribution >= 0.6 is 23.5 Å². The Morgan fingerprint density at radius 3 is 1.57 bits per heavy atom. The zero-order chi connectivity index (χ0) is 10.8. The lowest BCUT2D eigenvalue weighted by Gasteiger charge is -2.00. The SMILES string of the molecule is CC(CSCCSCC(C)=NO)=NO. The van der Waals surface area contributed by atoms with Gasteiger partial charge in [0.25, 0.3) is 0 Å². The molecule has 0 radical (unpaired) electrons. The van der Waals surface area contributed by atoms with E-state index in [2.05, 4.69) is 10.3 Å². The van der Waals surface area contributed by atoms with Crippen LogP contribution in [0.3, 0.4) is 0 Å². The molecule has 0 fully saturated rings. The molecular weight excluding hydrogens is 220 g/mol. The van der Waals surface area contributed by atoms with Crippen molar-refractivity contribution >= 4 is 34.9 Å². The highest BCUT2D eigenvalue weighted by Crippen LogP contribution is 2.07. The highest BCUT2D eigenvalue weighted by molar-refractivity contribution is 8.03. The molecular formula is C8H16N2O2S2. The number of hydrogen-bond donors (Lipinski definition) is 2. The van der Waals surface area contributed by atoms with Crippen LogP contribution in [0, 0.1) is 0 Å². The maximum absolute atomic E-state index is 8.37. The quantitative estimate of drug-likeness (QED) is 0.308. The molecule has 0 amide bonds. The average Bonchev–Trinajstić information content (AvgIpc) is 2.22. The van der Waals surface area contributed by atoms with Gasteiger partial charge in [0.1, 0.15) is 0 Å². The molecule has 6 heteroatoms. The van der Waals surface area contributed by atoms with Gasteiger partial charge in [0, 0.05) is 23.0 Å². The van der Waals surface area contributed by atoms with Gasteiger partial charge in [-0.05, 0) is 13.8 Å². The molecule has 0 saturated carbocycles. The van der Waals surface area contributed by atoms with Gasteiger partial charge in [-0.15, -0.1) is 0 Å². The molecule has 14 heavy (non-hydrogen) atoms. The third-order valence-corrected chi connectivity index (χ3v) is 3.82. The molecule has 4 nitrogen and oxygen atoms in total. The Labute approximate surface area is 92.8 Å². The van der Waals surface area contributed by atoms with E-state index in [0.29, 0.717) is 0 Å². The second-order valence-electron chi connectivity index (χ2n) is 2.78. The topological polar surface area (TPSA) is 65.2 Å². The highest BCUT2D eigenvalue weighted by atomic mass is 32.2. The van der Waals surface area contributed by atoms with Gasteiger partial charge in [-0.2, -0.15) is 23.5 Å². The number of nitrogens with zero attached hydrogens (tertiary/aromatic N) is 2. The number of thioether (sulfide) groups is 2. The maximum Gasteiger partial charge on any atom is 0.0638 e. The summed E-state index contributed by atoms with van der Waals surface area (Å²) in [6.07, 6.45) is 0. The Bertz CT molecular complexity index is 186. The van der Waals surface area contributed by atoms with E-state index >= 15 is 0 Å². The summed E-state index contributed by atoms with van der Waals surface area (Å²) in [6.45, 7) is 3.59. The highest BCUT2D eigenvalue weighted by Gasteiger charge is 1.95. The Kier molecular flexibility index (Phi) is 8.97. The fourth-order valence-electron chi connectivity index (χ4n) is 0.615. The first-order valence-electron chi connectivity index (χ1n) is 4.21. The minimum Gasteiger partial charge on any atom is -0.411 e. The van der Waals surface area contributed by atoms with Crippen molar-refractivity contribution in [3.8, 4) is 0 Å². The molecule has 82 valence electrons. The molecule has 0 rings (SSSR count). The standard InChI is InChI=1S/C8H16N2O2S2/c1-7(9-11)5-13-3-4-14-6-8(2)10-12/h11-12H,3-6H2,1-2H3. The van der Waals surface area contributed by atoms with Crippen LogP contribution in [0.1, 0.15) is 13.8 Å². The van der Waals surface area contributed by atoms with Gasteiger partial charge in [0.2, 0.25) is 0 Å². The van der Waals surface area contributed by atoms with E-state index in [-0.39, 0.29) is 0 Å². The van der Waals surface area contributed by atoms with Gasteiger partial charge < -0.3 is 10.4 Å². The molecule has 0 unspecified atom stereocenters. The zero-order valence-electron chi connectivity index (χ0n) is 8.43. The third-order valence-electron chi connectivity index (χ3n) is 1.34. The normalized spacial score (nSPS) is 13.3. The summed E-state index contributed by atoms with van der Waals surface area (Å²) in [4.78, 5) is 0. The van der Waals surface area contributed by atoms with Crippen LogP contribution < -0.4 is 0 Å². The molecule has 0 aromatic rings. The maximum atomic E-state index is 8.37. The van der Waals surface area contributed by atoms with Gasteiger partial charge in [0.05, 0.1) is 11.4 Å². The molecule has 0 spiro atoms. The number of hydrogen-bond acceptors (Lipinski definition) is 6. The van der Waals surface area contributed by atoms with Crippen LogP contribution in [0.2, 0.25) is 0 Å². The van der Waals surface area contributed by atoms with Crippen LogP contribution in [0.5, 0.6) is 0 Å². The van der Waals surface area contributed by atoms with Crippen LogP contribution in [0.15, 0.2) is 10.3 Å². The first-order valence-corrected chi connectivity index (χ1v) is 6.52. The van der Waals surface area contributed by atoms with Gasteiger partial charge in [0.15, 0.2) is 0 Å². The Hall–Kier alpha value is -0.360. The third kappa shape index (κ3) is 8.25. The van der Waals surface area contributed by atoms with Crippen molar-refractivity contribution in [2.45, 2.75) is 13.8 Å². The van der Waals surface area contributed by atoms with Gasteiger partial charge in [-0.3, -0.25) is 0 Å². The summed E-state index contributed by atoms with van der Waals surface area (Å²) in [5, 5.41) is 22.9. The van der Waals surface area contributed by atoms with Crippen molar-refractivity contribution in [1.82, 2.24) is 0 Å². The smallest absolute Gasteiger partial charge is 0.0638 e. The van der Waals surface area contributed by atoms with Crippen LogP contribution in [-0.4, -0.2) is 44.8 Å². The van der Waals surface area contributed by atoms with E-state index < -0.39 is 0 Å². The number of oxime groups is 2. The fraction of sp³-hybridized carbons (Fsp3) is 0.750. The van der Waals surface area contributed by atoms with Gasteiger partial charge in [-0.1, -0.05) is 10.3 Å². The molecule has 0 aromatic heterocycles. The summed E-state index contributed by atoms with van der Waals surface area (Å²) in [5.74, 6) is 3.56. The summed E-state index contributed by atoms with van der Waals surface area (Å²) < 4.78 is 0. The molecule has 0 aliphatic heterocycles. The van der Waals surface area contributed by atoms with E-state index in [1.807, 2.05) is 0 Å². The van der Waals surface area contributed by atoms with Crippen LogP contribution in [0.25, 0.3) is 0 Å².